The Bertz CT molecular complexity index is 761. The van der Waals surface area contributed by atoms with Crippen LogP contribution >= 0.6 is 11.6 Å². The van der Waals surface area contributed by atoms with Gasteiger partial charge in [-0.25, -0.2) is 4.79 Å². The molecule has 27 heavy (non-hydrogen) atoms. The number of ketones is 1. The highest BCUT2D eigenvalue weighted by molar-refractivity contribution is 6.31. The Morgan fingerprint density at radius 2 is 1.63 bits per heavy atom. The second kappa shape index (κ2) is 9.03. The van der Waals surface area contributed by atoms with Crippen molar-refractivity contribution in [3.8, 4) is 0 Å². The fourth-order valence-corrected chi connectivity index (χ4v) is 2.85. The second-order valence-electron chi connectivity index (χ2n) is 5.35. The standard InChI is InChI=1S/C15H15ClN2O9/c1-7(19)11(14(20)26-2)12(13(18(24)25)15(21)27-3)9-6-8(17(22)23)4-5-10(9)16/h4-6,11-13H,1-3H3. The first kappa shape index (κ1) is 22.0. The first-order chi connectivity index (χ1) is 12.6. The average Bonchev–Trinajstić information content (AvgIpc) is 2.60. The van der Waals surface area contributed by atoms with E-state index in [1.807, 2.05) is 0 Å². The number of non-ortho nitro benzene ring substituents is 1. The highest BCUT2D eigenvalue weighted by Gasteiger charge is 2.51. The van der Waals surface area contributed by atoms with Crippen LogP contribution in [0.1, 0.15) is 18.4 Å². The highest BCUT2D eigenvalue weighted by Crippen LogP contribution is 2.38. The number of Topliss-reactive ketones (excluding diaryl/α,β-unsaturated/α-hetero) is 1. The van der Waals surface area contributed by atoms with E-state index in [0.29, 0.717) is 0 Å². The maximum Gasteiger partial charge on any atom is 0.382 e. The van der Waals surface area contributed by atoms with Gasteiger partial charge in [0.1, 0.15) is 11.7 Å². The summed E-state index contributed by atoms with van der Waals surface area (Å²) < 4.78 is 8.94. The van der Waals surface area contributed by atoms with Crippen LogP contribution in [0.5, 0.6) is 0 Å². The van der Waals surface area contributed by atoms with Crippen LogP contribution in [0.25, 0.3) is 0 Å². The van der Waals surface area contributed by atoms with Gasteiger partial charge in [-0.05, 0) is 18.6 Å². The van der Waals surface area contributed by atoms with Crippen molar-refractivity contribution < 1.29 is 33.7 Å². The van der Waals surface area contributed by atoms with Crippen molar-refractivity contribution in [2.75, 3.05) is 14.2 Å². The number of ether oxygens (including phenoxy) is 2. The third-order valence-corrected chi connectivity index (χ3v) is 4.16. The van der Waals surface area contributed by atoms with E-state index < -0.39 is 51.1 Å². The molecule has 0 heterocycles. The van der Waals surface area contributed by atoms with E-state index in [1.165, 1.54) is 0 Å². The second-order valence-corrected chi connectivity index (χ2v) is 5.76. The molecular formula is C15H15ClN2O9. The van der Waals surface area contributed by atoms with Crippen LogP contribution in [0.4, 0.5) is 5.69 Å². The number of esters is 2. The van der Waals surface area contributed by atoms with E-state index in [4.69, 9.17) is 11.6 Å². The van der Waals surface area contributed by atoms with Crippen molar-refractivity contribution in [3.63, 3.8) is 0 Å². The Morgan fingerprint density at radius 3 is 2.04 bits per heavy atom. The number of nitro groups is 2. The summed E-state index contributed by atoms with van der Waals surface area (Å²) in [4.78, 5) is 57.0. The van der Waals surface area contributed by atoms with Crippen molar-refractivity contribution >= 4 is 35.0 Å². The molecule has 1 aromatic carbocycles. The first-order valence-electron chi connectivity index (χ1n) is 7.30. The topological polar surface area (TPSA) is 156 Å². The van der Waals surface area contributed by atoms with Gasteiger partial charge < -0.3 is 9.47 Å². The normalized spacial score (nSPS) is 13.8. The third kappa shape index (κ3) is 4.76. The van der Waals surface area contributed by atoms with Crippen molar-refractivity contribution in [1.29, 1.82) is 0 Å². The zero-order valence-corrected chi connectivity index (χ0v) is 15.2. The van der Waals surface area contributed by atoms with Gasteiger partial charge in [0.05, 0.1) is 25.1 Å². The Hall–Kier alpha value is -3.08. The molecule has 0 radical (unpaired) electrons. The number of benzene rings is 1. The zero-order valence-electron chi connectivity index (χ0n) is 14.4. The van der Waals surface area contributed by atoms with Crippen LogP contribution in [-0.4, -0.2) is 47.8 Å². The molecule has 3 unspecified atom stereocenters. The number of hydrogen-bond donors (Lipinski definition) is 0. The van der Waals surface area contributed by atoms with Gasteiger partial charge in [0.15, 0.2) is 0 Å². The number of carbonyl (C=O) groups is 3. The predicted molar refractivity (Wildman–Crippen MR) is 89.8 cm³/mol. The van der Waals surface area contributed by atoms with Gasteiger partial charge in [-0.1, -0.05) is 11.6 Å². The lowest BCUT2D eigenvalue weighted by Gasteiger charge is -2.25. The molecule has 0 aliphatic carbocycles. The number of carbonyl (C=O) groups excluding carboxylic acids is 3. The molecule has 1 aromatic rings. The summed E-state index contributed by atoms with van der Waals surface area (Å²) >= 11 is 6.03. The fraction of sp³-hybridized carbons (Fsp3) is 0.400. The van der Waals surface area contributed by atoms with Gasteiger partial charge in [-0.3, -0.25) is 29.8 Å². The monoisotopic (exact) mass is 402 g/mol. The number of nitro benzene ring substituents is 1. The van der Waals surface area contributed by atoms with Crippen molar-refractivity contribution in [2.24, 2.45) is 5.92 Å². The lowest BCUT2D eigenvalue weighted by Crippen LogP contribution is -2.44. The molecule has 0 saturated heterocycles. The maximum atomic E-state index is 12.1. The number of nitrogens with zero attached hydrogens (tertiary/aromatic N) is 2. The van der Waals surface area contributed by atoms with Crippen LogP contribution in [0.2, 0.25) is 5.02 Å². The number of rotatable bonds is 8. The smallest absolute Gasteiger partial charge is 0.382 e. The zero-order chi connectivity index (χ0) is 20.9. The Labute approximate surface area is 157 Å². The summed E-state index contributed by atoms with van der Waals surface area (Å²) in [5, 5.41) is 22.4. The number of halogens is 1. The molecule has 0 N–H and O–H groups in total. The van der Waals surface area contributed by atoms with Crippen molar-refractivity contribution in [2.45, 2.75) is 18.9 Å². The number of hydrogen-bond acceptors (Lipinski definition) is 9. The highest BCUT2D eigenvalue weighted by atomic mass is 35.5. The molecule has 0 bridgehead atoms. The molecule has 11 nitrogen and oxygen atoms in total. The molecule has 0 aromatic heterocycles. The molecule has 1 rings (SSSR count). The van der Waals surface area contributed by atoms with E-state index in [-0.39, 0.29) is 10.6 Å². The molecule has 0 spiro atoms. The Balaban J connectivity index is 3.83. The van der Waals surface area contributed by atoms with E-state index in [9.17, 15) is 34.6 Å². The average molecular weight is 403 g/mol. The summed E-state index contributed by atoms with van der Waals surface area (Å²) in [7, 11) is 1.83. The molecular weight excluding hydrogens is 388 g/mol. The largest absolute Gasteiger partial charge is 0.468 e. The minimum Gasteiger partial charge on any atom is -0.468 e. The lowest BCUT2D eigenvalue weighted by molar-refractivity contribution is -0.515. The Kier molecular flexibility index (Phi) is 7.35. The van der Waals surface area contributed by atoms with Gasteiger partial charge >= 0.3 is 18.0 Å². The van der Waals surface area contributed by atoms with Crippen LogP contribution in [-0.2, 0) is 23.9 Å². The maximum absolute atomic E-state index is 12.1. The quantitative estimate of drug-likeness (QED) is 0.272. The van der Waals surface area contributed by atoms with Gasteiger partial charge in [-0.15, -0.1) is 0 Å². The first-order valence-corrected chi connectivity index (χ1v) is 7.68. The van der Waals surface area contributed by atoms with Crippen LogP contribution in [0.3, 0.4) is 0 Å². The minimum absolute atomic E-state index is 0.212. The molecule has 146 valence electrons. The van der Waals surface area contributed by atoms with Gasteiger partial charge in [0.25, 0.3) is 5.69 Å². The Morgan fingerprint density at radius 1 is 1.07 bits per heavy atom. The van der Waals surface area contributed by atoms with E-state index in [2.05, 4.69) is 9.47 Å². The molecule has 12 heteroatoms. The summed E-state index contributed by atoms with van der Waals surface area (Å²) in [6.07, 6.45) is 0. The van der Waals surface area contributed by atoms with Crippen LogP contribution in [0, 0.1) is 26.1 Å². The van der Waals surface area contributed by atoms with Crippen molar-refractivity contribution in [3.05, 3.63) is 49.0 Å². The summed E-state index contributed by atoms with van der Waals surface area (Å²) in [5.74, 6) is -6.98. The molecule has 0 aliphatic heterocycles. The number of methoxy groups -OCH3 is 2. The summed E-state index contributed by atoms with van der Waals surface area (Å²) in [5.41, 5.74) is -0.804. The molecule has 0 fully saturated rings. The van der Waals surface area contributed by atoms with E-state index >= 15 is 0 Å². The SMILES string of the molecule is COC(=O)C(C(C)=O)C(c1cc([N+](=O)[O-])ccc1Cl)C(C(=O)OC)[N+](=O)[O-]. The summed E-state index contributed by atoms with van der Waals surface area (Å²) in [6.45, 7) is 0.966. The van der Waals surface area contributed by atoms with Crippen LogP contribution < -0.4 is 0 Å². The molecule has 0 amide bonds. The van der Waals surface area contributed by atoms with E-state index in [1.54, 1.807) is 0 Å². The predicted octanol–water partition coefficient (Wildman–Crippen LogP) is 1.53. The minimum atomic E-state index is -2.23. The molecule has 0 saturated carbocycles. The van der Waals surface area contributed by atoms with Gasteiger partial charge in [-0.2, -0.15) is 0 Å². The fourth-order valence-electron chi connectivity index (χ4n) is 2.61. The molecule has 0 aliphatic rings. The van der Waals surface area contributed by atoms with Gasteiger partial charge in [0, 0.05) is 22.1 Å². The lowest BCUT2D eigenvalue weighted by atomic mass is 9.78. The summed E-state index contributed by atoms with van der Waals surface area (Å²) in [6, 6.07) is 0.738. The van der Waals surface area contributed by atoms with Crippen molar-refractivity contribution in [1.82, 2.24) is 0 Å². The molecule has 3 atom stereocenters. The third-order valence-electron chi connectivity index (χ3n) is 3.81. The van der Waals surface area contributed by atoms with E-state index in [0.717, 1.165) is 39.3 Å². The van der Waals surface area contributed by atoms with Crippen LogP contribution in [0.15, 0.2) is 18.2 Å². The van der Waals surface area contributed by atoms with Gasteiger partial charge in [0.2, 0.25) is 0 Å².